The number of nitrogens with one attached hydrogen (secondary N) is 1. The van der Waals surface area contributed by atoms with E-state index in [0.29, 0.717) is 5.92 Å². The molecule has 1 N–H and O–H groups in total. The third-order valence-electron chi connectivity index (χ3n) is 4.00. The lowest BCUT2D eigenvalue weighted by molar-refractivity contribution is -0.122. The van der Waals surface area contributed by atoms with Crippen molar-refractivity contribution in [1.82, 2.24) is 14.5 Å². The van der Waals surface area contributed by atoms with E-state index in [9.17, 15) is 14.4 Å². The summed E-state index contributed by atoms with van der Waals surface area (Å²) in [5.41, 5.74) is -0.614. The molecule has 1 atom stereocenters. The van der Waals surface area contributed by atoms with Crippen molar-refractivity contribution in [2.75, 3.05) is 0 Å². The van der Waals surface area contributed by atoms with E-state index in [2.05, 4.69) is 19.2 Å². The number of aromatic nitrogens is 2. The fourth-order valence-electron chi connectivity index (χ4n) is 2.76. The van der Waals surface area contributed by atoms with Crippen LogP contribution in [0.2, 0.25) is 0 Å². The molecular formula is C19H22N4O3. The van der Waals surface area contributed by atoms with Crippen LogP contribution < -0.4 is 16.6 Å². The normalized spacial score (nSPS) is 11.8. The molecular weight excluding hydrogens is 332 g/mol. The molecule has 7 heteroatoms. The molecule has 1 unspecified atom stereocenters. The predicted octanol–water partition coefficient (Wildman–Crippen LogP) is 1.32. The van der Waals surface area contributed by atoms with Gasteiger partial charge in [0.2, 0.25) is 5.91 Å². The highest BCUT2D eigenvalue weighted by Crippen LogP contribution is 2.20. The van der Waals surface area contributed by atoms with Gasteiger partial charge in [-0.25, -0.2) is 9.36 Å². The fourth-order valence-corrected chi connectivity index (χ4v) is 2.76. The van der Waals surface area contributed by atoms with Crippen molar-refractivity contribution in [3.05, 3.63) is 68.5 Å². The van der Waals surface area contributed by atoms with E-state index in [0.717, 1.165) is 21.1 Å². The predicted molar refractivity (Wildman–Crippen MR) is 97.4 cm³/mol. The van der Waals surface area contributed by atoms with Crippen LogP contribution in [-0.2, 0) is 18.4 Å². The Kier molecular flexibility index (Phi) is 6.12. The van der Waals surface area contributed by atoms with Crippen molar-refractivity contribution in [3.63, 3.8) is 0 Å². The number of hydrogen-bond donors (Lipinski definition) is 1. The molecule has 7 nitrogen and oxygen atoms in total. The van der Waals surface area contributed by atoms with Gasteiger partial charge < -0.3 is 9.88 Å². The molecule has 2 rings (SSSR count). The van der Waals surface area contributed by atoms with Crippen molar-refractivity contribution in [1.29, 1.82) is 5.26 Å². The number of carbonyl (C=O) groups is 1. The number of hydrogen-bond acceptors (Lipinski definition) is 4. The number of amides is 1. The van der Waals surface area contributed by atoms with E-state index in [1.54, 1.807) is 6.07 Å². The summed E-state index contributed by atoms with van der Waals surface area (Å²) in [7, 11) is 1.43. The third kappa shape index (κ3) is 4.48. The van der Waals surface area contributed by atoms with Gasteiger partial charge in [0.25, 0.3) is 5.56 Å². The molecule has 1 aromatic heterocycles. The van der Waals surface area contributed by atoms with Gasteiger partial charge in [0.1, 0.15) is 18.2 Å². The highest BCUT2D eigenvalue weighted by molar-refractivity contribution is 5.76. The average molecular weight is 354 g/mol. The first-order valence-electron chi connectivity index (χ1n) is 8.38. The summed E-state index contributed by atoms with van der Waals surface area (Å²) in [4.78, 5) is 36.8. The molecule has 0 radical (unpaired) electrons. The van der Waals surface area contributed by atoms with E-state index in [1.807, 2.05) is 30.3 Å². The Morgan fingerprint density at radius 1 is 1.23 bits per heavy atom. The van der Waals surface area contributed by atoms with Crippen LogP contribution in [0.4, 0.5) is 0 Å². The molecule has 1 amide bonds. The van der Waals surface area contributed by atoms with Crippen LogP contribution in [0.15, 0.2) is 46.1 Å². The summed E-state index contributed by atoms with van der Waals surface area (Å²) < 4.78 is 1.90. The van der Waals surface area contributed by atoms with Gasteiger partial charge in [-0.3, -0.25) is 9.59 Å². The van der Waals surface area contributed by atoms with E-state index >= 15 is 0 Å². The molecule has 1 aromatic carbocycles. The van der Waals surface area contributed by atoms with Crippen molar-refractivity contribution in [2.24, 2.45) is 13.0 Å². The topological polar surface area (TPSA) is 96.9 Å². The molecule has 1 heterocycles. The molecule has 26 heavy (non-hydrogen) atoms. The molecule has 136 valence electrons. The molecule has 2 aromatic rings. The minimum atomic E-state index is -0.758. The summed E-state index contributed by atoms with van der Waals surface area (Å²) in [5.74, 6) is -0.105. The fraction of sp³-hybridized carbons (Fsp3) is 0.368. The van der Waals surface area contributed by atoms with Crippen molar-refractivity contribution in [3.8, 4) is 6.07 Å². The Morgan fingerprint density at radius 3 is 2.46 bits per heavy atom. The van der Waals surface area contributed by atoms with E-state index in [4.69, 9.17) is 5.26 Å². The molecule has 0 bridgehead atoms. The van der Waals surface area contributed by atoms with Gasteiger partial charge in [-0.1, -0.05) is 44.2 Å². The number of nitrogens with zero attached hydrogens (tertiary/aromatic N) is 3. The van der Waals surface area contributed by atoms with Gasteiger partial charge >= 0.3 is 5.69 Å². The maximum Gasteiger partial charge on any atom is 0.331 e. The van der Waals surface area contributed by atoms with Crippen LogP contribution in [0, 0.1) is 17.2 Å². The lowest BCUT2D eigenvalue weighted by Gasteiger charge is -2.21. The molecule has 0 saturated heterocycles. The number of aryl methyl sites for hydroxylation is 1. The molecule has 0 aliphatic heterocycles. The third-order valence-corrected chi connectivity index (χ3v) is 4.00. The molecule has 0 aliphatic rings. The molecule has 0 spiro atoms. The van der Waals surface area contributed by atoms with Gasteiger partial charge in [0.05, 0.1) is 6.04 Å². The summed E-state index contributed by atoms with van der Waals surface area (Å²) in [6.07, 6.45) is 1.89. The maximum atomic E-state index is 12.5. The molecule has 0 aliphatic carbocycles. The summed E-state index contributed by atoms with van der Waals surface area (Å²) >= 11 is 0. The summed E-state index contributed by atoms with van der Waals surface area (Å²) in [6.45, 7) is 3.68. The van der Waals surface area contributed by atoms with Crippen LogP contribution in [0.5, 0.6) is 0 Å². The molecule has 0 saturated carbocycles. The Bertz CT molecular complexity index is 936. The van der Waals surface area contributed by atoms with E-state index in [1.165, 1.54) is 13.2 Å². The van der Waals surface area contributed by atoms with Crippen molar-refractivity contribution < 1.29 is 4.79 Å². The Balaban J connectivity index is 2.27. The highest BCUT2D eigenvalue weighted by Gasteiger charge is 2.18. The van der Waals surface area contributed by atoms with Crippen LogP contribution in [-0.4, -0.2) is 15.0 Å². The zero-order valence-electron chi connectivity index (χ0n) is 15.1. The smallest absolute Gasteiger partial charge is 0.331 e. The number of nitriles is 1. The second-order valence-electron chi connectivity index (χ2n) is 6.60. The van der Waals surface area contributed by atoms with Gasteiger partial charge in [-0.15, -0.1) is 0 Å². The zero-order valence-corrected chi connectivity index (χ0v) is 15.1. The largest absolute Gasteiger partial charge is 0.348 e. The standard InChI is InChI=1S/C19H22N4O3/c1-13(2)9-16(14-7-5-4-6-8-14)21-17(24)12-23-18(25)15(10-20)11-22(3)19(23)26/h4-8,11,13,16H,9,12H2,1-3H3,(H,21,24). The number of benzene rings is 1. The highest BCUT2D eigenvalue weighted by atomic mass is 16.2. The Labute approximate surface area is 151 Å². The SMILES string of the molecule is CC(C)CC(NC(=O)Cn1c(=O)c(C#N)cn(C)c1=O)c1ccccc1. The number of carbonyl (C=O) groups excluding carboxylic acids is 1. The second kappa shape index (κ2) is 8.30. The quantitative estimate of drug-likeness (QED) is 0.846. The van der Waals surface area contributed by atoms with Crippen molar-refractivity contribution in [2.45, 2.75) is 32.9 Å². The van der Waals surface area contributed by atoms with Crippen LogP contribution >= 0.6 is 0 Å². The minimum absolute atomic E-state index is 0.179. The monoisotopic (exact) mass is 354 g/mol. The average Bonchev–Trinajstić information content (AvgIpc) is 2.61. The van der Waals surface area contributed by atoms with Gasteiger partial charge in [0.15, 0.2) is 0 Å². The summed E-state index contributed by atoms with van der Waals surface area (Å²) in [5, 5.41) is 11.9. The second-order valence-corrected chi connectivity index (χ2v) is 6.60. The van der Waals surface area contributed by atoms with E-state index in [-0.39, 0.29) is 11.6 Å². The maximum absolute atomic E-state index is 12.5. The first-order valence-corrected chi connectivity index (χ1v) is 8.38. The van der Waals surface area contributed by atoms with Gasteiger partial charge in [-0.05, 0) is 17.9 Å². The van der Waals surface area contributed by atoms with Gasteiger partial charge in [0, 0.05) is 13.2 Å². The Morgan fingerprint density at radius 2 is 1.88 bits per heavy atom. The number of rotatable bonds is 6. The van der Waals surface area contributed by atoms with Crippen LogP contribution in [0.25, 0.3) is 0 Å². The molecule has 0 fully saturated rings. The van der Waals surface area contributed by atoms with Crippen LogP contribution in [0.1, 0.15) is 37.4 Å². The van der Waals surface area contributed by atoms with Crippen molar-refractivity contribution >= 4 is 5.91 Å². The first-order chi connectivity index (χ1) is 12.3. The minimum Gasteiger partial charge on any atom is -0.348 e. The zero-order chi connectivity index (χ0) is 19.3. The first kappa shape index (κ1) is 19.2. The van der Waals surface area contributed by atoms with Crippen LogP contribution in [0.3, 0.4) is 0 Å². The summed E-state index contributed by atoms with van der Waals surface area (Å²) in [6, 6.07) is 11.1. The Hall–Kier alpha value is -3.14. The van der Waals surface area contributed by atoms with Gasteiger partial charge in [-0.2, -0.15) is 5.26 Å². The lowest BCUT2D eigenvalue weighted by atomic mass is 9.97. The van der Waals surface area contributed by atoms with E-state index < -0.39 is 23.7 Å². The lowest BCUT2D eigenvalue weighted by Crippen LogP contribution is -2.44.